The Balaban J connectivity index is 1.92. The highest BCUT2D eigenvalue weighted by Gasteiger charge is 2.35. The first-order valence-corrected chi connectivity index (χ1v) is 6.97. The highest BCUT2D eigenvalue weighted by molar-refractivity contribution is 7.99. The van der Waals surface area contributed by atoms with Crippen LogP contribution >= 0.6 is 11.8 Å². The largest absolute Gasteiger partial charge is 0.451 e. The van der Waals surface area contributed by atoms with Crippen LogP contribution in [0.2, 0.25) is 0 Å². The molecule has 1 amide bonds. The molecule has 2 aromatic rings. The molecule has 118 valence electrons. The second-order valence-corrected chi connectivity index (χ2v) is 5.22. The molecule has 0 radical (unpaired) electrons. The Morgan fingerprint density at radius 1 is 1.27 bits per heavy atom. The van der Waals surface area contributed by atoms with E-state index in [4.69, 9.17) is 0 Å². The summed E-state index contributed by atoms with van der Waals surface area (Å²) in [5.41, 5.74) is 1.53. The van der Waals surface area contributed by atoms with E-state index in [0.29, 0.717) is 5.16 Å². The predicted molar refractivity (Wildman–Crippen MR) is 72.2 cm³/mol. The average molecular weight is 332 g/mol. The number of carbonyl (C=O) groups is 1. The van der Waals surface area contributed by atoms with Crippen molar-refractivity contribution in [3.63, 3.8) is 0 Å². The number of H-pyrrole nitrogens is 1. The van der Waals surface area contributed by atoms with Gasteiger partial charge >= 0.3 is 6.18 Å². The molecule has 0 aliphatic heterocycles. The third kappa shape index (κ3) is 4.41. The van der Waals surface area contributed by atoms with Crippen molar-refractivity contribution in [1.29, 1.82) is 0 Å². The van der Waals surface area contributed by atoms with Crippen molar-refractivity contribution in [1.82, 2.24) is 25.1 Å². The molecule has 2 heterocycles. The third-order valence-corrected chi connectivity index (χ3v) is 3.15. The van der Waals surface area contributed by atoms with E-state index in [9.17, 15) is 18.0 Å². The quantitative estimate of drug-likeness (QED) is 0.656. The number of amides is 1. The number of rotatable bonds is 4. The molecule has 0 saturated carbocycles. The third-order valence-electron chi connectivity index (χ3n) is 2.30. The molecule has 0 bridgehead atoms. The van der Waals surface area contributed by atoms with Crippen LogP contribution in [-0.2, 0) is 11.0 Å². The van der Waals surface area contributed by atoms with Crippen molar-refractivity contribution < 1.29 is 18.0 Å². The molecule has 2 N–H and O–H groups in total. The number of nitrogens with zero attached hydrogens (tertiary/aromatic N) is 4. The van der Waals surface area contributed by atoms with Gasteiger partial charge < -0.3 is 0 Å². The number of aryl methyl sites for hydroxylation is 2. The molecule has 0 unspecified atom stereocenters. The second kappa shape index (κ2) is 6.30. The lowest BCUT2D eigenvalue weighted by atomic mass is 10.4. The van der Waals surface area contributed by atoms with Crippen LogP contribution in [-0.4, -0.2) is 36.8 Å². The molecule has 11 heteroatoms. The van der Waals surface area contributed by atoms with Crippen LogP contribution in [0.1, 0.15) is 17.2 Å². The van der Waals surface area contributed by atoms with Gasteiger partial charge in [0.05, 0.1) is 5.75 Å². The minimum absolute atomic E-state index is 0.0707. The fraction of sp³-hybridized carbons (Fsp3) is 0.364. The van der Waals surface area contributed by atoms with E-state index in [0.717, 1.165) is 23.1 Å². The molecule has 7 nitrogen and oxygen atoms in total. The monoisotopic (exact) mass is 332 g/mol. The standard InChI is InChI=1S/C11H11F3N6OS/c1-5-3-6(2)16-10(15-5)22-4-7(21)17-9-18-8(19-20-9)11(12,13)14/h3H,4H2,1-2H3,(H2,17,18,19,20,21). The minimum atomic E-state index is -4.64. The summed E-state index contributed by atoms with van der Waals surface area (Å²) in [7, 11) is 0. The van der Waals surface area contributed by atoms with Gasteiger partial charge in [0.15, 0.2) is 5.16 Å². The summed E-state index contributed by atoms with van der Waals surface area (Å²) < 4.78 is 36.9. The average Bonchev–Trinajstić information content (AvgIpc) is 2.83. The number of carbonyl (C=O) groups excluding carboxylic acids is 1. The van der Waals surface area contributed by atoms with Crippen LogP contribution in [0.3, 0.4) is 0 Å². The first-order valence-electron chi connectivity index (χ1n) is 5.98. The van der Waals surface area contributed by atoms with E-state index in [1.165, 1.54) is 0 Å². The molecule has 2 aromatic heterocycles. The van der Waals surface area contributed by atoms with Crippen LogP contribution in [0.4, 0.5) is 19.1 Å². The maximum Gasteiger partial charge on any atom is 0.451 e. The summed E-state index contributed by atoms with van der Waals surface area (Å²) in [6, 6.07) is 1.79. The minimum Gasteiger partial charge on any atom is -0.292 e. The normalized spacial score (nSPS) is 11.5. The topological polar surface area (TPSA) is 96.5 Å². The molecule has 22 heavy (non-hydrogen) atoms. The summed E-state index contributed by atoms with van der Waals surface area (Å²) in [5, 5.41) is 7.57. The lowest BCUT2D eigenvalue weighted by Gasteiger charge is -2.03. The van der Waals surface area contributed by atoms with Crippen molar-refractivity contribution in [2.24, 2.45) is 0 Å². The van der Waals surface area contributed by atoms with Gasteiger partial charge in [0.2, 0.25) is 17.7 Å². The predicted octanol–water partition coefficient (Wildman–Crippen LogP) is 1.96. The van der Waals surface area contributed by atoms with Gasteiger partial charge in [-0.1, -0.05) is 11.8 Å². The zero-order chi connectivity index (χ0) is 16.3. The Morgan fingerprint density at radius 3 is 2.45 bits per heavy atom. The number of hydrogen-bond acceptors (Lipinski definition) is 6. The van der Waals surface area contributed by atoms with Gasteiger partial charge in [-0.2, -0.15) is 18.2 Å². The van der Waals surface area contributed by atoms with Crippen molar-refractivity contribution in [3.8, 4) is 0 Å². The van der Waals surface area contributed by atoms with Crippen LogP contribution < -0.4 is 5.32 Å². The molecule has 0 atom stereocenters. The van der Waals surface area contributed by atoms with Crippen LogP contribution in [0.5, 0.6) is 0 Å². The zero-order valence-electron chi connectivity index (χ0n) is 11.5. The van der Waals surface area contributed by atoms with Gasteiger partial charge in [0.25, 0.3) is 0 Å². The fourth-order valence-corrected chi connectivity index (χ4v) is 2.24. The number of aromatic nitrogens is 5. The SMILES string of the molecule is Cc1cc(C)nc(SCC(=O)Nc2n[nH]c(C(F)(F)F)n2)n1. The van der Waals surface area contributed by atoms with Gasteiger partial charge in [-0.25, -0.2) is 9.97 Å². The molecule has 0 spiro atoms. The molecule has 0 fully saturated rings. The van der Waals surface area contributed by atoms with Crippen LogP contribution in [0.15, 0.2) is 11.2 Å². The van der Waals surface area contributed by atoms with E-state index >= 15 is 0 Å². The molecule has 0 saturated heterocycles. The summed E-state index contributed by atoms with van der Waals surface area (Å²) in [5.74, 6) is -2.33. The Hall–Kier alpha value is -2.17. The first kappa shape index (κ1) is 16.2. The summed E-state index contributed by atoms with van der Waals surface area (Å²) in [6.45, 7) is 3.59. The smallest absolute Gasteiger partial charge is 0.292 e. The lowest BCUT2D eigenvalue weighted by Crippen LogP contribution is -2.15. The van der Waals surface area contributed by atoms with E-state index < -0.39 is 23.9 Å². The maximum atomic E-state index is 12.3. The first-order chi connectivity index (χ1) is 10.2. The Kier molecular flexibility index (Phi) is 4.64. The second-order valence-electron chi connectivity index (χ2n) is 4.28. The maximum absolute atomic E-state index is 12.3. The van der Waals surface area contributed by atoms with Gasteiger partial charge in [-0.05, 0) is 19.9 Å². The number of hydrogen-bond donors (Lipinski definition) is 2. The van der Waals surface area contributed by atoms with Crippen LogP contribution in [0.25, 0.3) is 0 Å². The molecule has 2 rings (SSSR count). The Labute approximate surface area is 127 Å². The molecule has 0 aliphatic rings. The number of aromatic amines is 1. The number of halogens is 3. The van der Waals surface area contributed by atoms with E-state index in [1.54, 1.807) is 25.0 Å². The van der Waals surface area contributed by atoms with Gasteiger partial charge in [0, 0.05) is 11.4 Å². The van der Waals surface area contributed by atoms with Crippen molar-refractivity contribution in [2.75, 3.05) is 11.1 Å². The van der Waals surface area contributed by atoms with E-state index in [-0.39, 0.29) is 5.75 Å². The molecule has 0 aliphatic carbocycles. The Bertz CT molecular complexity index is 666. The van der Waals surface area contributed by atoms with Crippen molar-refractivity contribution in [2.45, 2.75) is 25.2 Å². The van der Waals surface area contributed by atoms with Gasteiger partial charge in [-0.15, -0.1) is 5.10 Å². The zero-order valence-corrected chi connectivity index (χ0v) is 12.3. The Morgan fingerprint density at radius 2 is 1.91 bits per heavy atom. The van der Waals surface area contributed by atoms with E-state index in [2.05, 4.69) is 25.4 Å². The van der Waals surface area contributed by atoms with Crippen LogP contribution in [0, 0.1) is 13.8 Å². The van der Waals surface area contributed by atoms with E-state index in [1.807, 2.05) is 0 Å². The highest BCUT2D eigenvalue weighted by Crippen LogP contribution is 2.26. The number of thioether (sulfide) groups is 1. The summed E-state index contributed by atoms with van der Waals surface area (Å²) in [6.07, 6.45) is -4.64. The number of alkyl halides is 3. The van der Waals surface area contributed by atoms with Gasteiger partial charge in [0.1, 0.15) is 0 Å². The van der Waals surface area contributed by atoms with Crippen molar-refractivity contribution >= 4 is 23.6 Å². The molecular formula is C11H11F3N6OS. The number of anilines is 1. The highest BCUT2D eigenvalue weighted by atomic mass is 32.2. The molecule has 0 aromatic carbocycles. The molecular weight excluding hydrogens is 321 g/mol. The fourth-order valence-electron chi connectivity index (χ4n) is 1.49. The summed E-state index contributed by atoms with van der Waals surface area (Å²) in [4.78, 5) is 23.1. The summed E-state index contributed by atoms with van der Waals surface area (Å²) >= 11 is 1.07. The number of nitrogens with one attached hydrogen (secondary N) is 2. The van der Waals surface area contributed by atoms with Crippen molar-refractivity contribution in [3.05, 3.63) is 23.3 Å². The van der Waals surface area contributed by atoms with Gasteiger partial charge in [-0.3, -0.25) is 15.2 Å². The lowest BCUT2D eigenvalue weighted by molar-refractivity contribution is -0.144.